The van der Waals surface area contributed by atoms with E-state index in [1.54, 1.807) is 12.1 Å². The Labute approximate surface area is 196 Å². The van der Waals surface area contributed by atoms with Crippen molar-refractivity contribution in [2.45, 2.75) is 40.2 Å². The molecule has 1 saturated heterocycles. The van der Waals surface area contributed by atoms with Gasteiger partial charge in [-0.05, 0) is 47.2 Å². The van der Waals surface area contributed by atoms with Crippen molar-refractivity contribution in [3.05, 3.63) is 59.4 Å². The minimum absolute atomic E-state index is 0.0393. The number of hydrogen-bond acceptors (Lipinski definition) is 4. The van der Waals surface area contributed by atoms with E-state index in [0.29, 0.717) is 12.5 Å². The predicted molar refractivity (Wildman–Crippen MR) is 127 cm³/mol. The second kappa shape index (κ2) is 10.1. The molecule has 178 valence electrons. The molecule has 0 aliphatic carbocycles. The number of benzene rings is 2. The number of nitrogens with zero attached hydrogens (tertiary/aromatic N) is 2. The molecule has 2 aliphatic heterocycles. The van der Waals surface area contributed by atoms with E-state index in [2.05, 4.69) is 24.8 Å². The van der Waals surface area contributed by atoms with E-state index in [9.17, 15) is 9.18 Å². The molecule has 0 unspecified atom stereocenters. The molecule has 0 bridgehead atoms. The normalized spacial score (nSPS) is 20.1. The highest BCUT2D eigenvalue weighted by atomic mass is 19.1. The number of ether oxygens (including phenoxy) is 2. The third kappa shape index (κ3) is 5.67. The van der Waals surface area contributed by atoms with Crippen LogP contribution in [0.3, 0.4) is 0 Å². The largest absolute Gasteiger partial charge is 0.454 e. The van der Waals surface area contributed by atoms with Gasteiger partial charge in [0.25, 0.3) is 0 Å². The van der Waals surface area contributed by atoms with Gasteiger partial charge in [-0.15, -0.1) is 0 Å². The fourth-order valence-corrected chi connectivity index (χ4v) is 5.03. The number of carbonyl (C=O) groups is 1. The van der Waals surface area contributed by atoms with E-state index in [1.807, 2.05) is 36.9 Å². The summed E-state index contributed by atoms with van der Waals surface area (Å²) in [7, 11) is 0. The second-order valence-corrected chi connectivity index (χ2v) is 10.1. The molecule has 0 radical (unpaired) electrons. The summed E-state index contributed by atoms with van der Waals surface area (Å²) in [5.41, 5.74) is 2.17. The first-order valence-corrected chi connectivity index (χ1v) is 11.9. The zero-order valence-corrected chi connectivity index (χ0v) is 20.1. The van der Waals surface area contributed by atoms with Gasteiger partial charge in [-0.2, -0.15) is 0 Å². The number of halogens is 1. The van der Waals surface area contributed by atoms with Crippen molar-refractivity contribution in [2.75, 3.05) is 33.0 Å². The van der Waals surface area contributed by atoms with Crippen LogP contribution in [0.5, 0.6) is 11.5 Å². The summed E-state index contributed by atoms with van der Waals surface area (Å²) in [6, 6.07) is 13.0. The highest BCUT2D eigenvalue weighted by Gasteiger charge is 2.36. The Bertz CT molecular complexity index is 978. The molecule has 0 saturated carbocycles. The minimum atomic E-state index is -0.210. The summed E-state index contributed by atoms with van der Waals surface area (Å²) in [6.07, 6.45) is 0. The Kier molecular flexibility index (Phi) is 7.23. The highest BCUT2D eigenvalue weighted by Crippen LogP contribution is 2.37. The molecular weight excluding hydrogens is 419 g/mol. The standard InChI is InChI=1S/C27H35FN2O3/c1-18(2)12-30(27(31)19(3)4)15-22-14-29(16-24(22)21-6-5-7-23(28)11-21)13-20-8-9-25-26(10-20)33-17-32-25/h5-11,18-19,22,24H,12-17H2,1-4H3/t22-,24+/m1/s1. The molecular formula is C27H35FN2O3. The molecule has 6 heteroatoms. The Hall–Kier alpha value is -2.60. The zero-order valence-electron chi connectivity index (χ0n) is 20.1. The van der Waals surface area contributed by atoms with Crippen LogP contribution >= 0.6 is 0 Å². The quantitative estimate of drug-likeness (QED) is 0.568. The molecule has 0 spiro atoms. The summed E-state index contributed by atoms with van der Waals surface area (Å²) in [5.74, 6) is 2.32. The maximum atomic E-state index is 14.1. The van der Waals surface area contributed by atoms with Gasteiger partial charge in [0.15, 0.2) is 11.5 Å². The van der Waals surface area contributed by atoms with E-state index < -0.39 is 0 Å². The van der Waals surface area contributed by atoms with Crippen LogP contribution in [0.25, 0.3) is 0 Å². The van der Waals surface area contributed by atoms with Crippen LogP contribution in [0, 0.1) is 23.6 Å². The van der Waals surface area contributed by atoms with Crippen molar-refractivity contribution < 1.29 is 18.7 Å². The number of fused-ring (bicyclic) bond motifs is 1. The summed E-state index contributed by atoms with van der Waals surface area (Å²) in [5, 5.41) is 0. The lowest BCUT2D eigenvalue weighted by molar-refractivity contribution is -0.135. The second-order valence-electron chi connectivity index (χ2n) is 10.1. The smallest absolute Gasteiger partial charge is 0.231 e. The molecule has 2 aromatic rings. The van der Waals surface area contributed by atoms with E-state index in [4.69, 9.17) is 9.47 Å². The third-order valence-corrected chi connectivity index (χ3v) is 6.48. The molecule has 2 atom stereocenters. The maximum Gasteiger partial charge on any atom is 0.231 e. The SMILES string of the molecule is CC(C)CN(C[C@H]1CN(Cc2ccc3c(c2)OCO3)C[C@H]1c1cccc(F)c1)C(=O)C(C)C. The summed E-state index contributed by atoms with van der Waals surface area (Å²) in [6.45, 7) is 12.4. The fourth-order valence-electron chi connectivity index (χ4n) is 5.03. The van der Waals surface area contributed by atoms with Crippen LogP contribution < -0.4 is 9.47 Å². The van der Waals surface area contributed by atoms with Crippen molar-refractivity contribution in [1.29, 1.82) is 0 Å². The van der Waals surface area contributed by atoms with Gasteiger partial charge in [-0.25, -0.2) is 4.39 Å². The number of hydrogen-bond donors (Lipinski definition) is 0. The van der Waals surface area contributed by atoms with Crippen molar-refractivity contribution >= 4 is 5.91 Å². The van der Waals surface area contributed by atoms with Crippen molar-refractivity contribution in [2.24, 2.45) is 17.8 Å². The minimum Gasteiger partial charge on any atom is -0.454 e. The first kappa shape index (κ1) is 23.6. The Balaban J connectivity index is 1.55. The topological polar surface area (TPSA) is 42.0 Å². The van der Waals surface area contributed by atoms with Crippen LogP contribution in [0.15, 0.2) is 42.5 Å². The van der Waals surface area contributed by atoms with Crippen LogP contribution in [0.1, 0.15) is 44.7 Å². The first-order chi connectivity index (χ1) is 15.8. The predicted octanol–water partition coefficient (Wildman–Crippen LogP) is 4.91. The van der Waals surface area contributed by atoms with E-state index in [1.165, 1.54) is 6.07 Å². The van der Waals surface area contributed by atoms with Gasteiger partial charge in [0.05, 0.1) is 0 Å². The van der Waals surface area contributed by atoms with Crippen molar-refractivity contribution in [3.8, 4) is 11.5 Å². The Morgan fingerprint density at radius 3 is 2.61 bits per heavy atom. The summed E-state index contributed by atoms with van der Waals surface area (Å²) < 4.78 is 25.1. The van der Waals surface area contributed by atoms with Crippen molar-refractivity contribution in [1.82, 2.24) is 9.80 Å². The summed E-state index contributed by atoms with van der Waals surface area (Å²) >= 11 is 0. The highest BCUT2D eigenvalue weighted by molar-refractivity contribution is 5.78. The van der Waals surface area contributed by atoms with Gasteiger partial charge < -0.3 is 14.4 Å². The monoisotopic (exact) mass is 454 g/mol. The Morgan fingerprint density at radius 1 is 1.09 bits per heavy atom. The molecule has 2 aromatic carbocycles. The molecule has 1 amide bonds. The average molecular weight is 455 g/mol. The van der Waals surface area contributed by atoms with Gasteiger partial charge in [0, 0.05) is 44.6 Å². The van der Waals surface area contributed by atoms with Crippen LogP contribution in [-0.4, -0.2) is 48.7 Å². The first-order valence-electron chi connectivity index (χ1n) is 11.9. The Morgan fingerprint density at radius 2 is 1.88 bits per heavy atom. The van der Waals surface area contributed by atoms with Crippen LogP contribution in [0.4, 0.5) is 4.39 Å². The lowest BCUT2D eigenvalue weighted by Crippen LogP contribution is -2.41. The molecule has 33 heavy (non-hydrogen) atoms. The fraction of sp³-hybridized carbons (Fsp3) is 0.519. The molecule has 2 heterocycles. The van der Waals surface area contributed by atoms with E-state index in [0.717, 1.165) is 48.8 Å². The molecule has 0 N–H and O–H groups in total. The lowest BCUT2D eigenvalue weighted by Gasteiger charge is -2.31. The van der Waals surface area contributed by atoms with Gasteiger partial charge in [0.1, 0.15) is 5.82 Å². The molecule has 2 aliphatic rings. The van der Waals surface area contributed by atoms with Crippen LogP contribution in [-0.2, 0) is 11.3 Å². The molecule has 5 nitrogen and oxygen atoms in total. The van der Waals surface area contributed by atoms with E-state index >= 15 is 0 Å². The average Bonchev–Trinajstić information content (AvgIpc) is 3.39. The maximum absolute atomic E-state index is 14.1. The van der Waals surface area contributed by atoms with Gasteiger partial charge in [-0.1, -0.05) is 45.9 Å². The number of carbonyl (C=O) groups excluding carboxylic acids is 1. The number of likely N-dealkylation sites (tertiary alicyclic amines) is 1. The van der Waals surface area contributed by atoms with Gasteiger partial charge in [0.2, 0.25) is 12.7 Å². The summed E-state index contributed by atoms with van der Waals surface area (Å²) in [4.78, 5) is 17.4. The third-order valence-electron chi connectivity index (χ3n) is 6.48. The van der Waals surface area contributed by atoms with Crippen LogP contribution in [0.2, 0.25) is 0 Å². The lowest BCUT2D eigenvalue weighted by atomic mass is 9.88. The van der Waals surface area contributed by atoms with Gasteiger partial charge >= 0.3 is 0 Å². The molecule has 1 fully saturated rings. The van der Waals surface area contributed by atoms with Crippen molar-refractivity contribution in [3.63, 3.8) is 0 Å². The molecule has 4 rings (SSSR count). The van der Waals surface area contributed by atoms with E-state index in [-0.39, 0.29) is 36.3 Å². The van der Waals surface area contributed by atoms with Gasteiger partial charge in [-0.3, -0.25) is 9.69 Å². The zero-order chi connectivity index (χ0) is 23.5. The number of amides is 1. The molecule has 0 aromatic heterocycles. The number of rotatable bonds is 8.